The van der Waals surface area contributed by atoms with Gasteiger partial charge in [0.1, 0.15) is 12.3 Å². The average molecular weight is 288 g/mol. The van der Waals surface area contributed by atoms with Crippen LogP contribution in [0.3, 0.4) is 0 Å². The third-order valence-electron chi connectivity index (χ3n) is 3.84. The molecule has 1 aliphatic rings. The molecule has 22 heavy (non-hydrogen) atoms. The molecule has 108 valence electrons. The first kappa shape index (κ1) is 13.0. The van der Waals surface area contributed by atoms with Crippen LogP contribution in [0.2, 0.25) is 0 Å². The van der Waals surface area contributed by atoms with Crippen LogP contribution in [-0.2, 0) is 11.2 Å². The van der Waals surface area contributed by atoms with Gasteiger partial charge in [0.05, 0.1) is 11.6 Å². The molecule has 0 saturated heterocycles. The molecule has 4 rings (SSSR count). The Bertz CT molecular complexity index is 827. The van der Waals surface area contributed by atoms with Crippen molar-refractivity contribution in [2.24, 2.45) is 4.99 Å². The number of rotatable bonds is 3. The molecular formula is C19H16N2O. The van der Waals surface area contributed by atoms with Crippen LogP contribution < -0.4 is 0 Å². The second-order valence-electron chi connectivity index (χ2n) is 5.48. The zero-order valence-electron chi connectivity index (χ0n) is 12.1. The Balaban J connectivity index is 1.58. The van der Waals surface area contributed by atoms with E-state index in [4.69, 9.17) is 9.73 Å². The van der Waals surface area contributed by atoms with Gasteiger partial charge in [0.25, 0.3) is 0 Å². The molecule has 3 heteroatoms. The molecule has 1 aromatic heterocycles. The van der Waals surface area contributed by atoms with Crippen LogP contribution in [0.4, 0.5) is 0 Å². The molecule has 0 bridgehead atoms. The maximum Gasteiger partial charge on any atom is 0.235 e. The van der Waals surface area contributed by atoms with Gasteiger partial charge in [-0.05, 0) is 24.1 Å². The molecule has 0 radical (unpaired) electrons. The molecule has 0 N–H and O–H groups in total. The largest absolute Gasteiger partial charge is 0.474 e. The number of aliphatic imine (C=N–C) groups is 1. The van der Waals surface area contributed by atoms with Gasteiger partial charge in [-0.2, -0.15) is 0 Å². The zero-order valence-corrected chi connectivity index (χ0v) is 12.1. The lowest BCUT2D eigenvalue weighted by atomic mass is 10.1. The van der Waals surface area contributed by atoms with Crippen molar-refractivity contribution in [2.75, 3.05) is 6.61 Å². The fraction of sp³-hybridized carbons (Fsp3) is 0.158. The normalized spacial score (nSPS) is 17.3. The fourth-order valence-electron chi connectivity index (χ4n) is 2.73. The Kier molecular flexibility index (Phi) is 3.31. The Morgan fingerprint density at radius 3 is 2.64 bits per heavy atom. The summed E-state index contributed by atoms with van der Waals surface area (Å²) in [5, 5.41) is 1.13. The van der Waals surface area contributed by atoms with Crippen molar-refractivity contribution in [1.29, 1.82) is 0 Å². The molecule has 0 amide bonds. The van der Waals surface area contributed by atoms with E-state index in [2.05, 4.69) is 41.4 Å². The van der Waals surface area contributed by atoms with Crippen molar-refractivity contribution in [3.8, 4) is 0 Å². The van der Waals surface area contributed by atoms with Crippen molar-refractivity contribution >= 4 is 16.8 Å². The Labute approximate surface area is 129 Å². The second kappa shape index (κ2) is 5.60. The fourth-order valence-corrected chi connectivity index (χ4v) is 2.73. The smallest absolute Gasteiger partial charge is 0.235 e. The van der Waals surface area contributed by atoms with Crippen molar-refractivity contribution in [3.05, 3.63) is 78.0 Å². The van der Waals surface area contributed by atoms with Crippen molar-refractivity contribution < 1.29 is 4.74 Å². The summed E-state index contributed by atoms with van der Waals surface area (Å²) >= 11 is 0. The van der Waals surface area contributed by atoms with E-state index >= 15 is 0 Å². The van der Waals surface area contributed by atoms with Gasteiger partial charge in [-0.15, -0.1) is 0 Å². The van der Waals surface area contributed by atoms with E-state index in [1.54, 1.807) is 0 Å². The Morgan fingerprint density at radius 2 is 1.73 bits per heavy atom. The number of ether oxygens (including phenoxy) is 1. The van der Waals surface area contributed by atoms with Crippen molar-refractivity contribution in [2.45, 2.75) is 12.5 Å². The average Bonchev–Trinajstić information content (AvgIpc) is 3.04. The molecule has 0 spiro atoms. The molecule has 0 saturated carbocycles. The van der Waals surface area contributed by atoms with E-state index < -0.39 is 0 Å². The van der Waals surface area contributed by atoms with Gasteiger partial charge in [-0.1, -0.05) is 54.6 Å². The van der Waals surface area contributed by atoms with Crippen LogP contribution in [0.1, 0.15) is 11.3 Å². The van der Waals surface area contributed by atoms with Gasteiger partial charge in [0.15, 0.2) is 0 Å². The highest BCUT2D eigenvalue weighted by molar-refractivity contribution is 5.95. The van der Waals surface area contributed by atoms with Crippen LogP contribution in [0.15, 0.2) is 71.7 Å². The first-order chi connectivity index (χ1) is 10.9. The minimum atomic E-state index is 0.172. The maximum absolute atomic E-state index is 5.76. The third kappa shape index (κ3) is 2.58. The van der Waals surface area contributed by atoms with Crippen LogP contribution in [0, 0.1) is 0 Å². The highest BCUT2D eigenvalue weighted by Gasteiger charge is 2.21. The summed E-state index contributed by atoms with van der Waals surface area (Å²) in [5.41, 5.74) is 3.07. The van der Waals surface area contributed by atoms with E-state index in [-0.39, 0.29) is 6.04 Å². The standard InChI is InChI=1S/C19H16N2O/c1-2-6-14(7-3-1)12-16-13-22-19(20-16)18-11-10-15-8-4-5-9-17(15)21-18/h1-11,16H,12-13H2/t16-/m1/s1. The Morgan fingerprint density at radius 1 is 0.909 bits per heavy atom. The summed E-state index contributed by atoms with van der Waals surface area (Å²) in [7, 11) is 0. The predicted molar refractivity (Wildman–Crippen MR) is 88.2 cm³/mol. The second-order valence-corrected chi connectivity index (χ2v) is 5.48. The molecular weight excluding hydrogens is 272 g/mol. The summed E-state index contributed by atoms with van der Waals surface area (Å²) < 4.78 is 5.76. The van der Waals surface area contributed by atoms with Crippen LogP contribution in [0.5, 0.6) is 0 Å². The van der Waals surface area contributed by atoms with Crippen molar-refractivity contribution in [1.82, 2.24) is 4.98 Å². The SMILES string of the molecule is c1ccc(C[C@@H]2COC(c3ccc4ccccc4n3)=N2)cc1. The lowest BCUT2D eigenvalue weighted by Crippen LogP contribution is -2.09. The minimum Gasteiger partial charge on any atom is -0.474 e. The van der Waals surface area contributed by atoms with Crippen LogP contribution in [-0.4, -0.2) is 23.5 Å². The molecule has 1 atom stereocenters. The Hall–Kier alpha value is -2.68. The molecule has 3 nitrogen and oxygen atoms in total. The molecule has 2 heterocycles. The highest BCUT2D eigenvalue weighted by atomic mass is 16.5. The minimum absolute atomic E-state index is 0.172. The molecule has 0 aliphatic carbocycles. The summed E-state index contributed by atoms with van der Waals surface area (Å²) in [5.74, 6) is 0.659. The van der Waals surface area contributed by atoms with E-state index in [0.717, 1.165) is 23.0 Å². The van der Waals surface area contributed by atoms with Gasteiger partial charge in [0.2, 0.25) is 5.90 Å². The van der Waals surface area contributed by atoms with Gasteiger partial charge in [-0.25, -0.2) is 9.98 Å². The quantitative estimate of drug-likeness (QED) is 0.737. The first-order valence-corrected chi connectivity index (χ1v) is 7.49. The lowest BCUT2D eigenvalue weighted by Gasteiger charge is -2.04. The highest BCUT2D eigenvalue weighted by Crippen LogP contribution is 2.17. The molecule has 2 aromatic carbocycles. The summed E-state index contributed by atoms with van der Waals surface area (Å²) in [4.78, 5) is 9.34. The summed E-state index contributed by atoms with van der Waals surface area (Å²) in [6.45, 7) is 0.624. The number of hydrogen-bond acceptors (Lipinski definition) is 3. The zero-order chi connectivity index (χ0) is 14.8. The first-order valence-electron chi connectivity index (χ1n) is 7.49. The number of nitrogens with zero attached hydrogens (tertiary/aromatic N) is 2. The monoisotopic (exact) mass is 288 g/mol. The van der Waals surface area contributed by atoms with E-state index in [0.29, 0.717) is 12.5 Å². The number of fused-ring (bicyclic) bond motifs is 1. The third-order valence-corrected chi connectivity index (χ3v) is 3.84. The topological polar surface area (TPSA) is 34.5 Å². The van der Waals surface area contributed by atoms with Gasteiger partial charge in [0, 0.05) is 5.39 Å². The molecule has 3 aromatic rings. The molecule has 0 fully saturated rings. The number of benzene rings is 2. The van der Waals surface area contributed by atoms with E-state index in [1.807, 2.05) is 30.3 Å². The summed E-state index contributed by atoms with van der Waals surface area (Å²) in [6.07, 6.45) is 0.901. The summed E-state index contributed by atoms with van der Waals surface area (Å²) in [6, 6.07) is 22.7. The van der Waals surface area contributed by atoms with Gasteiger partial charge in [-0.3, -0.25) is 0 Å². The van der Waals surface area contributed by atoms with Crippen LogP contribution >= 0.6 is 0 Å². The van der Waals surface area contributed by atoms with Gasteiger partial charge >= 0.3 is 0 Å². The number of para-hydroxylation sites is 1. The van der Waals surface area contributed by atoms with Crippen molar-refractivity contribution in [3.63, 3.8) is 0 Å². The number of aromatic nitrogens is 1. The molecule has 1 aliphatic heterocycles. The molecule has 0 unspecified atom stereocenters. The van der Waals surface area contributed by atoms with E-state index in [9.17, 15) is 0 Å². The van der Waals surface area contributed by atoms with E-state index in [1.165, 1.54) is 5.56 Å². The van der Waals surface area contributed by atoms with Gasteiger partial charge < -0.3 is 4.74 Å². The predicted octanol–water partition coefficient (Wildman–Crippen LogP) is 3.62. The maximum atomic E-state index is 5.76. The lowest BCUT2D eigenvalue weighted by molar-refractivity contribution is 0.316. The number of pyridine rings is 1. The number of hydrogen-bond donors (Lipinski definition) is 0. The van der Waals surface area contributed by atoms with Crippen LogP contribution in [0.25, 0.3) is 10.9 Å².